The van der Waals surface area contributed by atoms with E-state index in [4.69, 9.17) is 14.2 Å². The molecule has 0 N–H and O–H groups in total. The van der Waals surface area contributed by atoms with Crippen LogP contribution < -0.4 is 9.47 Å². The van der Waals surface area contributed by atoms with Gasteiger partial charge in [-0.05, 0) is 42.0 Å². The predicted octanol–water partition coefficient (Wildman–Crippen LogP) is 2.90. The fourth-order valence-electron chi connectivity index (χ4n) is 3.70. The third-order valence-electron chi connectivity index (χ3n) is 5.56. The first kappa shape index (κ1) is 28.4. The Labute approximate surface area is 218 Å². The number of ether oxygens (including phenoxy) is 3. The first-order valence-electron chi connectivity index (χ1n) is 11.3. The Morgan fingerprint density at radius 1 is 1.00 bits per heavy atom. The van der Waals surface area contributed by atoms with Crippen LogP contribution in [0.25, 0.3) is 0 Å². The van der Waals surface area contributed by atoms with Crippen molar-refractivity contribution in [2.24, 2.45) is 0 Å². The van der Waals surface area contributed by atoms with Crippen molar-refractivity contribution in [3.8, 4) is 11.5 Å². The second-order valence-electron chi connectivity index (χ2n) is 8.05. The summed E-state index contributed by atoms with van der Waals surface area (Å²) in [6.45, 7) is 3.95. The van der Waals surface area contributed by atoms with Gasteiger partial charge in [-0.2, -0.15) is 4.31 Å². The molecule has 0 fully saturated rings. The summed E-state index contributed by atoms with van der Waals surface area (Å²) >= 11 is 0. The molecule has 3 rings (SSSR count). The smallest absolute Gasteiger partial charge is 0.243 e. The lowest BCUT2D eigenvalue weighted by Crippen LogP contribution is -2.32. The average Bonchev–Trinajstić information content (AvgIpc) is 3.30. The summed E-state index contributed by atoms with van der Waals surface area (Å²) in [6.07, 6.45) is 2.85. The van der Waals surface area contributed by atoms with Crippen LogP contribution in [0.4, 0.5) is 0 Å². The molecule has 0 saturated carbocycles. The lowest BCUT2D eigenvalue weighted by molar-refractivity contribution is 0.183. The van der Waals surface area contributed by atoms with Crippen molar-refractivity contribution in [1.82, 2.24) is 13.9 Å². The van der Waals surface area contributed by atoms with Crippen LogP contribution >= 0.6 is 0 Å². The van der Waals surface area contributed by atoms with Crippen LogP contribution in [0.2, 0.25) is 0 Å². The zero-order valence-electron chi connectivity index (χ0n) is 21.0. The number of nitrogens with zero attached hydrogens (tertiary/aromatic N) is 3. The monoisotopic (exact) mass is 549 g/mol. The van der Waals surface area contributed by atoms with Gasteiger partial charge in [0.05, 0.1) is 49.9 Å². The van der Waals surface area contributed by atoms with Gasteiger partial charge in [0, 0.05) is 20.2 Å². The van der Waals surface area contributed by atoms with Crippen molar-refractivity contribution in [2.45, 2.75) is 28.9 Å². The summed E-state index contributed by atoms with van der Waals surface area (Å²) in [5, 5.41) is -0.164. The molecule has 0 aliphatic rings. The Hall–Kier alpha value is -3.19. The molecule has 200 valence electrons. The van der Waals surface area contributed by atoms with Gasteiger partial charge in [0.25, 0.3) is 0 Å². The van der Waals surface area contributed by atoms with Crippen LogP contribution in [0.3, 0.4) is 0 Å². The maximum atomic E-state index is 13.4. The minimum absolute atomic E-state index is 0.00964. The number of aromatic nitrogens is 2. The van der Waals surface area contributed by atoms with E-state index in [0.29, 0.717) is 22.8 Å². The van der Waals surface area contributed by atoms with Gasteiger partial charge in [-0.1, -0.05) is 18.2 Å². The summed E-state index contributed by atoms with van der Waals surface area (Å²) in [6, 6.07) is 12.8. The number of hydrogen-bond donors (Lipinski definition) is 0. The Balaban J connectivity index is 1.97. The number of imidazole rings is 1. The molecule has 2 aromatic carbocycles. The highest BCUT2D eigenvalue weighted by Gasteiger charge is 2.28. The Morgan fingerprint density at radius 3 is 2.32 bits per heavy atom. The summed E-state index contributed by atoms with van der Waals surface area (Å²) < 4.78 is 71.7. The van der Waals surface area contributed by atoms with Crippen LogP contribution in [-0.2, 0) is 43.4 Å². The third-order valence-corrected chi connectivity index (χ3v) is 8.98. The SMILES string of the molecule is C=CCN(Cc1cnc(S(=O)(=O)Cc2cccc(OC)c2)n1CCOC)S(=O)(=O)c1ccc(OC)cc1. The molecule has 0 atom stereocenters. The van der Waals surface area contributed by atoms with Crippen molar-refractivity contribution in [3.63, 3.8) is 0 Å². The van der Waals surface area contributed by atoms with E-state index in [1.54, 1.807) is 36.4 Å². The zero-order chi connectivity index (χ0) is 27.1. The summed E-state index contributed by atoms with van der Waals surface area (Å²) in [7, 11) is -3.32. The summed E-state index contributed by atoms with van der Waals surface area (Å²) in [4.78, 5) is 4.27. The highest BCUT2D eigenvalue weighted by Crippen LogP contribution is 2.24. The fraction of sp³-hybridized carbons (Fsp3) is 0.320. The molecule has 3 aromatic rings. The molecule has 0 amide bonds. The quantitative estimate of drug-likeness (QED) is 0.282. The van der Waals surface area contributed by atoms with Gasteiger partial charge in [0.2, 0.25) is 25.0 Å². The molecule has 37 heavy (non-hydrogen) atoms. The predicted molar refractivity (Wildman–Crippen MR) is 139 cm³/mol. The van der Waals surface area contributed by atoms with Gasteiger partial charge >= 0.3 is 0 Å². The van der Waals surface area contributed by atoms with E-state index >= 15 is 0 Å². The van der Waals surface area contributed by atoms with E-state index < -0.39 is 19.9 Å². The second-order valence-corrected chi connectivity index (χ2v) is 11.9. The van der Waals surface area contributed by atoms with Gasteiger partial charge in [0.1, 0.15) is 11.5 Å². The Kier molecular flexibility index (Phi) is 9.49. The minimum Gasteiger partial charge on any atom is -0.497 e. The number of sulfone groups is 1. The van der Waals surface area contributed by atoms with Crippen LogP contribution in [0.15, 0.2) is 77.4 Å². The number of hydrogen-bond acceptors (Lipinski definition) is 8. The van der Waals surface area contributed by atoms with E-state index in [0.717, 1.165) is 0 Å². The molecule has 0 bridgehead atoms. The van der Waals surface area contributed by atoms with E-state index in [-0.39, 0.29) is 42.0 Å². The Bertz CT molecular complexity index is 1420. The maximum absolute atomic E-state index is 13.4. The van der Waals surface area contributed by atoms with E-state index in [9.17, 15) is 16.8 Å². The van der Waals surface area contributed by atoms with Gasteiger partial charge in [-0.15, -0.1) is 6.58 Å². The van der Waals surface area contributed by atoms with Crippen LogP contribution in [0.5, 0.6) is 11.5 Å². The van der Waals surface area contributed by atoms with Gasteiger partial charge in [-0.3, -0.25) is 0 Å². The van der Waals surface area contributed by atoms with Gasteiger partial charge in [0.15, 0.2) is 0 Å². The molecule has 1 aromatic heterocycles. The molecule has 0 saturated heterocycles. The van der Waals surface area contributed by atoms with E-state index in [1.807, 2.05) is 0 Å². The van der Waals surface area contributed by atoms with Gasteiger partial charge < -0.3 is 18.8 Å². The van der Waals surface area contributed by atoms with Crippen LogP contribution in [0, 0.1) is 0 Å². The molecule has 0 aliphatic carbocycles. The van der Waals surface area contributed by atoms with Crippen molar-refractivity contribution < 1.29 is 31.0 Å². The molecule has 1 heterocycles. The summed E-state index contributed by atoms with van der Waals surface area (Å²) in [5.41, 5.74) is 0.942. The molecule has 10 nitrogen and oxygen atoms in total. The molecule has 12 heteroatoms. The largest absolute Gasteiger partial charge is 0.497 e. The lowest BCUT2D eigenvalue weighted by Gasteiger charge is -2.22. The molecular weight excluding hydrogens is 518 g/mol. The van der Waals surface area contributed by atoms with Crippen molar-refractivity contribution in [3.05, 3.63) is 78.6 Å². The van der Waals surface area contributed by atoms with Crippen LogP contribution in [-0.4, -0.2) is 65.2 Å². The first-order valence-corrected chi connectivity index (χ1v) is 14.4. The van der Waals surface area contributed by atoms with Gasteiger partial charge in [-0.25, -0.2) is 21.8 Å². The molecular formula is C25H31N3O7S2. The molecule has 0 radical (unpaired) electrons. The average molecular weight is 550 g/mol. The number of benzene rings is 2. The van der Waals surface area contributed by atoms with E-state index in [2.05, 4.69) is 11.6 Å². The fourth-order valence-corrected chi connectivity index (χ4v) is 6.59. The third kappa shape index (κ3) is 6.77. The van der Waals surface area contributed by atoms with Crippen molar-refractivity contribution >= 4 is 19.9 Å². The number of sulfonamides is 1. The molecule has 0 spiro atoms. The molecule has 0 aliphatic heterocycles. The van der Waals surface area contributed by atoms with E-state index in [1.165, 1.54) is 54.6 Å². The van der Waals surface area contributed by atoms with Crippen molar-refractivity contribution in [1.29, 1.82) is 0 Å². The molecule has 0 unspecified atom stereocenters. The standard InChI is InChI=1S/C25H31N3O7S2/c1-5-13-27(37(31,32)24-11-9-22(34-3)10-12-24)18-21-17-26-25(28(21)14-15-33-2)36(29,30)19-20-7-6-8-23(16-20)35-4/h5-12,16-17H,1,13-15,18-19H2,2-4H3. The van der Waals surface area contributed by atoms with Crippen molar-refractivity contribution in [2.75, 3.05) is 34.5 Å². The Morgan fingerprint density at radius 2 is 1.70 bits per heavy atom. The highest BCUT2D eigenvalue weighted by molar-refractivity contribution is 7.90. The minimum atomic E-state index is -3.94. The van der Waals surface area contributed by atoms with Crippen LogP contribution in [0.1, 0.15) is 11.3 Å². The summed E-state index contributed by atoms with van der Waals surface area (Å²) in [5.74, 6) is 0.770. The first-order chi connectivity index (χ1) is 17.7. The normalized spacial score (nSPS) is 12.0. The zero-order valence-corrected chi connectivity index (χ0v) is 22.7. The number of rotatable bonds is 14. The topological polar surface area (TPSA) is 117 Å². The highest BCUT2D eigenvalue weighted by atomic mass is 32.2. The second kappa shape index (κ2) is 12.4. The number of methoxy groups -OCH3 is 3. The maximum Gasteiger partial charge on any atom is 0.243 e. The lowest BCUT2D eigenvalue weighted by atomic mass is 10.2.